The van der Waals surface area contributed by atoms with Crippen LogP contribution < -0.4 is 0 Å². The zero-order chi connectivity index (χ0) is 13.9. The van der Waals surface area contributed by atoms with E-state index in [2.05, 4.69) is 0 Å². The second-order valence-electron chi connectivity index (χ2n) is 4.45. The summed E-state index contributed by atoms with van der Waals surface area (Å²) in [4.78, 5) is 12.3. The number of aliphatic carboxylic acids is 1. The molecule has 0 heterocycles. The predicted octanol–water partition coefficient (Wildman–Crippen LogP) is 2.82. The Kier molecular flexibility index (Phi) is 4.78. The summed E-state index contributed by atoms with van der Waals surface area (Å²) in [6.45, 7) is 3.46. The number of carboxylic acid groups (broad SMARTS) is 1. The summed E-state index contributed by atoms with van der Waals surface area (Å²) in [6, 6.07) is 2.63. The average Bonchev–Trinajstić information content (AvgIpc) is 2.29. The van der Waals surface area contributed by atoms with Crippen LogP contribution in [0.2, 0.25) is 0 Å². The van der Waals surface area contributed by atoms with Crippen molar-refractivity contribution in [3.8, 4) is 0 Å². The van der Waals surface area contributed by atoms with Gasteiger partial charge in [-0.3, -0.25) is 9.69 Å². The van der Waals surface area contributed by atoms with Gasteiger partial charge in [0.25, 0.3) is 0 Å². The van der Waals surface area contributed by atoms with E-state index in [1.54, 1.807) is 25.8 Å². The summed E-state index contributed by atoms with van der Waals surface area (Å²) in [5, 5.41) is 8.72. The molecule has 0 aliphatic heterocycles. The standard InChI is InChI=1S/C13H17F2NO2/c1-8(6-13(17)18)16(3)9(2)11-7-10(14)4-5-12(11)15/h4-5,7-9H,6H2,1-3H3,(H,17,18). The highest BCUT2D eigenvalue weighted by Gasteiger charge is 2.22. The molecule has 3 nitrogen and oxygen atoms in total. The van der Waals surface area contributed by atoms with Crippen LogP contribution in [-0.4, -0.2) is 29.1 Å². The van der Waals surface area contributed by atoms with Crippen LogP contribution in [0, 0.1) is 11.6 Å². The molecule has 0 saturated heterocycles. The molecule has 0 saturated carbocycles. The van der Waals surface area contributed by atoms with E-state index in [9.17, 15) is 13.6 Å². The van der Waals surface area contributed by atoms with E-state index in [1.807, 2.05) is 0 Å². The number of hydrogen-bond donors (Lipinski definition) is 1. The molecule has 0 aliphatic carbocycles. The Morgan fingerprint density at radius 3 is 2.56 bits per heavy atom. The van der Waals surface area contributed by atoms with Gasteiger partial charge in [0.15, 0.2) is 0 Å². The van der Waals surface area contributed by atoms with Crippen LogP contribution in [0.15, 0.2) is 18.2 Å². The number of rotatable bonds is 5. The summed E-state index contributed by atoms with van der Waals surface area (Å²) < 4.78 is 26.7. The zero-order valence-electron chi connectivity index (χ0n) is 10.7. The summed E-state index contributed by atoms with van der Waals surface area (Å²) in [6.07, 6.45) is -0.0439. The SMILES string of the molecule is CC(CC(=O)O)N(C)C(C)c1cc(F)ccc1F. The molecule has 0 amide bonds. The molecule has 0 fully saturated rings. The fraction of sp³-hybridized carbons (Fsp3) is 0.462. The van der Waals surface area contributed by atoms with Crippen LogP contribution in [0.4, 0.5) is 8.78 Å². The second kappa shape index (κ2) is 5.91. The Morgan fingerprint density at radius 2 is 2.00 bits per heavy atom. The molecule has 0 spiro atoms. The summed E-state index contributed by atoms with van der Waals surface area (Å²) in [7, 11) is 1.70. The minimum atomic E-state index is -0.915. The molecule has 2 unspecified atom stereocenters. The van der Waals surface area contributed by atoms with Gasteiger partial charge < -0.3 is 5.11 Å². The van der Waals surface area contributed by atoms with Gasteiger partial charge in [-0.1, -0.05) is 0 Å². The number of halogens is 2. The molecule has 0 aromatic heterocycles. The van der Waals surface area contributed by atoms with Crippen molar-refractivity contribution < 1.29 is 18.7 Å². The third-order valence-electron chi connectivity index (χ3n) is 3.18. The highest BCUT2D eigenvalue weighted by molar-refractivity contribution is 5.67. The number of carboxylic acids is 1. The Bertz CT molecular complexity index is 437. The fourth-order valence-electron chi connectivity index (χ4n) is 1.83. The van der Waals surface area contributed by atoms with Gasteiger partial charge in [0.05, 0.1) is 6.42 Å². The molecule has 0 aliphatic rings. The first kappa shape index (κ1) is 14.6. The molecule has 2 atom stereocenters. The Labute approximate surface area is 105 Å². The van der Waals surface area contributed by atoms with Crippen LogP contribution in [0.25, 0.3) is 0 Å². The lowest BCUT2D eigenvalue weighted by molar-refractivity contribution is -0.138. The van der Waals surface area contributed by atoms with Crippen LogP contribution in [0.3, 0.4) is 0 Å². The number of carbonyl (C=O) groups is 1. The van der Waals surface area contributed by atoms with Crippen molar-refractivity contribution in [3.63, 3.8) is 0 Å². The molecule has 0 radical (unpaired) electrons. The van der Waals surface area contributed by atoms with Gasteiger partial charge in [0.1, 0.15) is 11.6 Å². The van der Waals surface area contributed by atoms with Gasteiger partial charge >= 0.3 is 5.97 Å². The molecule has 100 valence electrons. The average molecular weight is 257 g/mol. The van der Waals surface area contributed by atoms with Crippen molar-refractivity contribution in [3.05, 3.63) is 35.4 Å². The zero-order valence-corrected chi connectivity index (χ0v) is 10.7. The van der Waals surface area contributed by atoms with Crippen LogP contribution in [-0.2, 0) is 4.79 Å². The predicted molar refractivity (Wildman–Crippen MR) is 64.3 cm³/mol. The lowest BCUT2D eigenvalue weighted by Gasteiger charge is -2.30. The first-order valence-corrected chi connectivity index (χ1v) is 5.71. The Hall–Kier alpha value is -1.49. The number of benzene rings is 1. The van der Waals surface area contributed by atoms with Crippen LogP contribution in [0.1, 0.15) is 31.9 Å². The number of hydrogen-bond acceptors (Lipinski definition) is 2. The lowest BCUT2D eigenvalue weighted by Crippen LogP contribution is -2.33. The topological polar surface area (TPSA) is 40.5 Å². The highest BCUT2D eigenvalue weighted by atomic mass is 19.1. The molecule has 1 rings (SSSR count). The van der Waals surface area contributed by atoms with E-state index >= 15 is 0 Å². The molecular weight excluding hydrogens is 240 g/mol. The molecule has 0 bridgehead atoms. The lowest BCUT2D eigenvalue weighted by atomic mass is 10.0. The van der Waals surface area contributed by atoms with Crippen molar-refractivity contribution >= 4 is 5.97 Å². The van der Waals surface area contributed by atoms with Gasteiger partial charge in [0, 0.05) is 17.6 Å². The second-order valence-corrected chi connectivity index (χ2v) is 4.45. The van der Waals surface area contributed by atoms with E-state index < -0.39 is 23.6 Å². The third kappa shape index (κ3) is 3.50. The van der Waals surface area contributed by atoms with Crippen molar-refractivity contribution in [2.75, 3.05) is 7.05 Å². The smallest absolute Gasteiger partial charge is 0.304 e. The van der Waals surface area contributed by atoms with Crippen molar-refractivity contribution in [1.29, 1.82) is 0 Å². The maximum absolute atomic E-state index is 13.6. The largest absolute Gasteiger partial charge is 0.481 e. The van der Waals surface area contributed by atoms with Gasteiger partial charge in [-0.05, 0) is 39.1 Å². The van der Waals surface area contributed by atoms with Crippen LogP contribution in [0.5, 0.6) is 0 Å². The van der Waals surface area contributed by atoms with Gasteiger partial charge in [-0.15, -0.1) is 0 Å². The van der Waals surface area contributed by atoms with Crippen LogP contribution >= 0.6 is 0 Å². The van der Waals surface area contributed by atoms with Crippen molar-refractivity contribution in [1.82, 2.24) is 4.90 Å². The summed E-state index contributed by atoms with van der Waals surface area (Å²) in [5.41, 5.74) is 0.231. The molecule has 1 N–H and O–H groups in total. The van der Waals surface area contributed by atoms with Crippen molar-refractivity contribution in [2.45, 2.75) is 32.4 Å². The van der Waals surface area contributed by atoms with E-state index in [0.29, 0.717) is 0 Å². The van der Waals surface area contributed by atoms with Gasteiger partial charge in [-0.2, -0.15) is 0 Å². The Balaban J connectivity index is 2.88. The maximum atomic E-state index is 13.6. The minimum absolute atomic E-state index is 0.0439. The minimum Gasteiger partial charge on any atom is -0.481 e. The van der Waals surface area contributed by atoms with Gasteiger partial charge in [-0.25, -0.2) is 8.78 Å². The molecule has 5 heteroatoms. The van der Waals surface area contributed by atoms with Gasteiger partial charge in [0.2, 0.25) is 0 Å². The normalized spacial score (nSPS) is 14.6. The third-order valence-corrected chi connectivity index (χ3v) is 3.18. The molecule has 18 heavy (non-hydrogen) atoms. The highest BCUT2D eigenvalue weighted by Crippen LogP contribution is 2.25. The Morgan fingerprint density at radius 1 is 1.39 bits per heavy atom. The number of nitrogens with zero attached hydrogens (tertiary/aromatic N) is 1. The first-order chi connectivity index (χ1) is 8.32. The molecule has 1 aromatic carbocycles. The summed E-state index contributed by atoms with van der Waals surface area (Å²) in [5.74, 6) is -1.91. The van der Waals surface area contributed by atoms with E-state index in [4.69, 9.17) is 5.11 Å². The maximum Gasteiger partial charge on any atom is 0.304 e. The van der Waals surface area contributed by atoms with E-state index in [1.165, 1.54) is 0 Å². The van der Waals surface area contributed by atoms with E-state index in [-0.39, 0.29) is 18.0 Å². The first-order valence-electron chi connectivity index (χ1n) is 5.71. The van der Waals surface area contributed by atoms with Crippen molar-refractivity contribution in [2.24, 2.45) is 0 Å². The fourth-order valence-corrected chi connectivity index (χ4v) is 1.83. The molecular formula is C13H17F2NO2. The molecule has 1 aromatic rings. The quantitative estimate of drug-likeness (QED) is 0.881. The summed E-state index contributed by atoms with van der Waals surface area (Å²) >= 11 is 0. The monoisotopic (exact) mass is 257 g/mol. The van der Waals surface area contributed by atoms with E-state index in [0.717, 1.165) is 18.2 Å².